The number of aromatic amines is 1. The summed E-state index contributed by atoms with van der Waals surface area (Å²) in [7, 11) is 0. The summed E-state index contributed by atoms with van der Waals surface area (Å²) < 4.78 is 0. The fourth-order valence-electron chi connectivity index (χ4n) is 1.27. The van der Waals surface area contributed by atoms with Crippen molar-refractivity contribution in [1.29, 1.82) is 0 Å². The number of carbonyl (C=O) groups is 1. The van der Waals surface area contributed by atoms with E-state index >= 15 is 0 Å². The minimum Gasteiger partial charge on any atom is -0.325 e. The Hall–Kier alpha value is -2.62. The van der Waals surface area contributed by atoms with Crippen LogP contribution in [-0.4, -0.2) is 16.4 Å². The van der Waals surface area contributed by atoms with E-state index in [-0.39, 0.29) is 0 Å². The van der Waals surface area contributed by atoms with Crippen molar-refractivity contribution in [2.75, 3.05) is 5.32 Å². The molecule has 0 saturated carbocycles. The van der Waals surface area contributed by atoms with Crippen molar-refractivity contribution in [3.8, 4) is 0 Å². The van der Waals surface area contributed by atoms with Crippen molar-refractivity contribution in [3.63, 3.8) is 0 Å². The van der Waals surface area contributed by atoms with E-state index in [0.717, 1.165) is 11.1 Å². The topological polar surface area (TPSA) is 57.8 Å². The second kappa shape index (κ2) is 6.85. The summed E-state index contributed by atoms with van der Waals surface area (Å²) in [5.74, 6) is 1.17. The van der Waals surface area contributed by atoms with Gasteiger partial charge >= 0.3 is 0 Å². The number of carbonyl (C=O) groups excluding carboxylic acids is 1. The first kappa shape index (κ1) is 13.4. The van der Waals surface area contributed by atoms with Crippen LogP contribution in [0.15, 0.2) is 61.4 Å². The Balaban J connectivity index is 2.76. The molecule has 0 saturated heterocycles. The predicted octanol–water partition coefficient (Wildman–Crippen LogP) is 2.85. The normalized spacial score (nSPS) is 11.2. The first-order valence-electron chi connectivity index (χ1n) is 5.29. The van der Waals surface area contributed by atoms with Gasteiger partial charge in [0.2, 0.25) is 6.41 Å². The van der Waals surface area contributed by atoms with Crippen molar-refractivity contribution in [2.45, 2.75) is 0 Å². The van der Waals surface area contributed by atoms with E-state index in [1.807, 2.05) is 6.08 Å². The van der Waals surface area contributed by atoms with Crippen molar-refractivity contribution >= 4 is 18.3 Å². The quantitative estimate of drug-likeness (QED) is 0.569. The Morgan fingerprint density at radius 2 is 2.22 bits per heavy atom. The van der Waals surface area contributed by atoms with Crippen LogP contribution in [0.5, 0.6) is 0 Å². The maximum atomic E-state index is 10.2. The number of H-pyrrole nitrogens is 1. The molecular formula is C14H15N3O. The zero-order chi connectivity index (χ0) is 13.4. The van der Waals surface area contributed by atoms with Crippen molar-refractivity contribution in [3.05, 3.63) is 67.2 Å². The zero-order valence-corrected chi connectivity index (χ0v) is 10.0. The third-order valence-corrected chi connectivity index (χ3v) is 2.14. The average molecular weight is 241 g/mol. The van der Waals surface area contributed by atoms with E-state index in [2.05, 4.69) is 35.0 Å². The predicted molar refractivity (Wildman–Crippen MR) is 74.9 cm³/mol. The maximum absolute atomic E-state index is 10.2. The highest BCUT2D eigenvalue weighted by Crippen LogP contribution is 2.12. The van der Waals surface area contributed by atoms with Gasteiger partial charge in [-0.2, -0.15) is 0 Å². The van der Waals surface area contributed by atoms with Gasteiger partial charge in [-0.25, -0.2) is 4.98 Å². The lowest BCUT2D eigenvalue weighted by Crippen LogP contribution is -1.92. The molecule has 1 rings (SSSR count). The van der Waals surface area contributed by atoms with E-state index in [1.165, 1.54) is 6.20 Å². The van der Waals surface area contributed by atoms with E-state index in [1.54, 1.807) is 24.3 Å². The number of amides is 1. The lowest BCUT2D eigenvalue weighted by atomic mass is 10.1. The van der Waals surface area contributed by atoms with Crippen LogP contribution in [0.1, 0.15) is 5.82 Å². The fourth-order valence-corrected chi connectivity index (χ4v) is 1.27. The minimum absolute atomic E-state index is 0.542. The molecule has 0 aliphatic rings. The lowest BCUT2D eigenvalue weighted by molar-refractivity contribution is -0.105. The van der Waals surface area contributed by atoms with Crippen LogP contribution in [0, 0.1) is 0 Å². The molecule has 0 fully saturated rings. The Morgan fingerprint density at radius 3 is 2.83 bits per heavy atom. The molecule has 0 atom stereocenters. The average Bonchev–Trinajstić information content (AvgIpc) is 2.81. The largest absolute Gasteiger partial charge is 0.325 e. The van der Waals surface area contributed by atoms with Crippen LogP contribution in [0.2, 0.25) is 0 Å². The highest BCUT2D eigenvalue weighted by atomic mass is 16.1. The van der Waals surface area contributed by atoms with Gasteiger partial charge in [0.25, 0.3) is 0 Å². The summed E-state index contributed by atoms with van der Waals surface area (Å²) in [6.07, 6.45) is 10.9. The van der Waals surface area contributed by atoms with Crippen LogP contribution in [0.4, 0.5) is 5.82 Å². The molecule has 0 aliphatic carbocycles. The van der Waals surface area contributed by atoms with E-state index in [0.29, 0.717) is 18.1 Å². The van der Waals surface area contributed by atoms with Gasteiger partial charge in [0.05, 0.1) is 6.20 Å². The summed E-state index contributed by atoms with van der Waals surface area (Å²) in [6, 6.07) is 0. The third kappa shape index (κ3) is 3.75. The number of rotatable bonds is 7. The van der Waals surface area contributed by atoms with Gasteiger partial charge in [0.1, 0.15) is 11.6 Å². The zero-order valence-electron chi connectivity index (χ0n) is 10.0. The number of hydrogen-bond acceptors (Lipinski definition) is 2. The fraction of sp³-hybridized carbons (Fsp3) is 0. The smallest absolute Gasteiger partial charge is 0.212 e. The molecule has 0 aromatic carbocycles. The van der Waals surface area contributed by atoms with Gasteiger partial charge in [-0.15, -0.1) is 0 Å². The minimum atomic E-state index is 0.542. The summed E-state index contributed by atoms with van der Waals surface area (Å²) in [6.45, 7) is 11.2. The van der Waals surface area contributed by atoms with E-state index in [4.69, 9.17) is 0 Å². The highest BCUT2D eigenvalue weighted by Gasteiger charge is 1.97. The summed E-state index contributed by atoms with van der Waals surface area (Å²) >= 11 is 0. The molecule has 0 unspecified atom stereocenters. The van der Waals surface area contributed by atoms with Crippen LogP contribution in [-0.2, 0) is 4.79 Å². The van der Waals surface area contributed by atoms with Gasteiger partial charge in [-0.1, -0.05) is 44.0 Å². The molecule has 1 amide bonds. The van der Waals surface area contributed by atoms with Crippen molar-refractivity contribution in [1.82, 2.24) is 9.97 Å². The number of hydrogen-bond donors (Lipinski definition) is 2. The summed E-state index contributed by atoms with van der Waals surface area (Å²) in [4.78, 5) is 17.2. The molecule has 0 spiro atoms. The van der Waals surface area contributed by atoms with Gasteiger partial charge in [-0.3, -0.25) is 4.79 Å². The molecule has 0 radical (unpaired) electrons. The van der Waals surface area contributed by atoms with Crippen LogP contribution < -0.4 is 5.32 Å². The second-order valence-electron chi connectivity index (χ2n) is 3.36. The third-order valence-electron chi connectivity index (χ3n) is 2.14. The molecule has 92 valence electrons. The second-order valence-corrected chi connectivity index (χ2v) is 3.36. The molecule has 1 heterocycles. The molecular weight excluding hydrogens is 226 g/mol. The summed E-state index contributed by atoms with van der Waals surface area (Å²) in [5, 5.41) is 2.47. The van der Waals surface area contributed by atoms with Crippen molar-refractivity contribution < 1.29 is 4.79 Å². The Bertz CT molecular complexity index is 521. The highest BCUT2D eigenvalue weighted by molar-refractivity contribution is 5.69. The van der Waals surface area contributed by atoms with Gasteiger partial charge in [0, 0.05) is 0 Å². The van der Waals surface area contributed by atoms with Crippen LogP contribution in [0.3, 0.4) is 0 Å². The van der Waals surface area contributed by atoms with Crippen molar-refractivity contribution in [2.24, 2.45) is 0 Å². The molecule has 2 N–H and O–H groups in total. The maximum Gasteiger partial charge on any atom is 0.212 e. The molecule has 1 aromatic heterocycles. The first-order valence-corrected chi connectivity index (χ1v) is 5.29. The first-order chi connectivity index (χ1) is 8.71. The SMILES string of the molecule is C=C/C=C(\C=C)C(=C)/C=C\c1ncc(NC=O)[nH]1. The molecule has 4 nitrogen and oxygen atoms in total. The summed E-state index contributed by atoms with van der Waals surface area (Å²) in [5.41, 5.74) is 1.69. The van der Waals surface area contributed by atoms with Gasteiger partial charge in [-0.05, 0) is 17.2 Å². The molecule has 0 aliphatic heterocycles. The molecule has 1 aromatic rings. The molecule has 0 bridgehead atoms. The monoisotopic (exact) mass is 241 g/mol. The number of nitrogens with zero attached hydrogens (tertiary/aromatic N) is 1. The van der Waals surface area contributed by atoms with Crippen LogP contribution >= 0.6 is 0 Å². The van der Waals surface area contributed by atoms with Gasteiger partial charge < -0.3 is 10.3 Å². The number of aromatic nitrogens is 2. The number of allylic oxidation sites excluding steroid dienone is 6. The Morgan fingerprint density at radius 1 is 1.44 bits per heavy atom. The molecule has 4 heteroatoms. The van der Waals surface area contributed by atoms with E-state index < -0.39 is 0 Å². The standard InChI is InChI=1S/C14H15N3O/c1-4-6-12(5-2)11(3)7-8-13-15-9-14(17-13)16-10-18/h4-10H,1-3H2,(H,15,17)(H,16,18)/b8-7-,12-6+. The van der Waals surface area contributed by atoms with Crippen LogP contribution in [0.25, 0.3) is 6.08 Å². The van der Waals surface area contributed by atoms with Gasteiger partial charge in [0.15, 0.2) is 0 Å². The Labute approximate surface area is 106 Å². The lowest BCUT2D eigenvalue weighted by Gasteiger charge is -1.98. The van der Waals surface area contributed by atoms with E-state index in [9.17, 15) is 4.79 Å². The number of imidazole rings is 1. The number of nitrogens with one attached hydrogen (secondary N) is 2. The number of anilines is 1. The molecule has 18 heavy (non-hydrogen) atoms. The Kier molecular flexibility index (Phi) is 5.12.